The lowest BCUT2D eigenvalue weighted by Gasteiger charge is -2.07. The molecule has 4 aromatic rings. The van der Waals surface area contributed by atoms with E-state index in [4.69, 9.17) is 5.10 Å². The van der Waals surface area contributed by atoms with Crippen molar-refractivity contribution >= 4 is 5.52 Å². The van der Waals surface area contributed by atoms with Crippen LogP contribution in [0.3, 0.4) is 0 Å². The lowest BCUT2D eigenvalue weighted by atomic mass is 9.98. The van der Waals surface area contributed by atoms with Crippen LogP contribution in [0.15, 0.2) is 60.9 Å². The second kappa shape index (κ2) is 6.13. The van der Waals surface area contributed by atoms with Gasteiger partial charge < -0.3 is 0 Å². The van der Waals surface area contributed by atoms with Gasteiger partial charge in [-0.05, 0) is 66.9 Å². The lowest BCUT2D eigenvalue weighted by Crippen LogP contribution is -1.96. The summed E-state index contributed by atoms with van der Waals surface area (Å²) in [4.78, 5) is 4.13. The molecule has 124 valence electrons. The first kappa shape index (κ1) is 15.5. The third kappa shape index (κ3) is 2.60. The Morgan fingerprint density at radius 1 is 0.920 bits per heavy atom. The van der Waals surface area contributed by atoms with Crippen LogP contribution in [0.4, 0.5) is 4.39 Å². The van der Waals surface area contributed by atoms with Gasteiger partial charge in [-0.1, -0.05) is 13.0 Å². The van der Waals surface area contributed by atoms with Crippen LogP contribution in [0, 0.1) is 12.7 Å². The monoisotopic (exact) mass is 331 g/mol. The van der Waals surface area contributed by atoms with Gasteiger partial charge in [0.25, 0.3) is 0 Å². The van der Waals surface area contributed by atoms with Crippen LogP contribution in [0.2, 0.25) is 0 Å². The molecule has 0 aliphatic heterocycles. The minimum absolute atomic E-state index is 0.247. The molecule has 0 spiro atoms. The Labute approximate surface area is 145 Å². The molecule has 0 bridgehead atoms. The van der Waals surface area contributed by atoms with E-state index < -0.39 is 0 Å². The molecule has 0 amide bonds. The van der Waals surface area contributed by atoms with Crippen molar-refractivity contribution in [3.63, 3.8) is 0 Å². The summed E-state index contributed by atoms with van der Waals surface area (Å²) in [6.07, 6.45) is 4.49. The zero-order chi connectivity index (χ0) is 17.4. The fraction of sp³-hybridized carbons (Fsp3) is 0.143. The molecule has 0 saturated heterocycles. The molecule has 0 unspecified atom stereocenters. The fourth-order valence-corrected chi connectivity index (χ4v) is 3.23. The van der Waals surface area contributed by atoms with Crippen molar-refractivity contribution in [3.8, 4) is 22.4 Å². The molecule has 0 aliphatic carbocycles. The predicted octanol–water partition coefficient (Wildman–Crippen LogP) is 5.07. The number of hydrogen-bond acceptors (Lipinski definition) is 2. The maximum absolute atomic E-state index is 13.4. The van der Waals surface area contributed by atoms with E-state index in [9.17, 15) is 4.39 Å². The van der Waals surface area contributed by atoms with Crippen LogP contribution in [-0.2, 0) is 6.42 Å². The highest BCUT2D eigenvalue weighted by molar-refractivity contribution is 5.93. The molecule has 0 N–H and O–H groups in total. The quantitative estimate of drug-likeness (QED) is 0.524. The van der Waals surface area contributed by atoms with E-state index in [0.717, 1.165) is 40.0 Å². The van der Waals surface area contributed by atoms with E-state index >= 15 is 0 Å². The summed E-state index contributed by atoms with van der Waals surface area (Å²) in [5, 5.41) is 4.87. The van der Waals surface area contributed by atoms with Gasteiger partial charge in [-0.3, -0.25) is 4.98 Å². The smallest absolute Gasteiger partial charge is 0.123 e. The van der Waals surface area contributed by atoms with Crippen LogP contribution < -0.4 is 0 Å². The van der Waals surface area contributed by atoms with Gasteiger partial charge in [0.1, 0.15) is 11.5 Å². The molecule has 25 heavy (non-hydrogen) atoms. The van der Waals surface area contributed by atoms with Crippen LogP contribution in [0.5, 0.6) is 0 Å². The van der Waals surface area contributed by atoms with Crippen LogP contribution >= 0.6 is 0 Å². The number of hydrogen-bond donors (Lipinski definition) is 0. The molecule has 4 heteroatoms. The van der Waals surface area contributed by atoms with Gasteiger partial charge in [0.15, 0.2) is 0 Å². The van der Waals surface area contributed by atoms with E-state index in [1.165, 1.54) is 17.7 Å². The van der Waals surface area contributed by atoms with E-state index in [0.29, 0.717) is 0 Å². The van der Waals surface area contributed by atoms with Crippen molar-refractivity contribution < 1.29 is 4.39 Å². The highest BCUT2D eigenvalue weighted by Crippen LogP contribution is 2.37. The second-order valence-electron chi connectivity index (χ2n) is 6.08. The minimum Gasteiger partial charge on any atom is -0.265 e. The number of aromatic nitrogens is 3. The van der Waals surface area contributed by atoms with Crippen molar-refractivity contribution in [2.24, 2.45) is 0 Å². The number of pyridine rings is 2. The summed E-state index contributed by atoms with van der Waals surface area (Å²) < 4.78 is 15.4. The Balaban J connectivity index is 2.12. The molecule has 0 saturated carbocycles. The fourth-order valence-electron chi connectivity index (χ4n) is 3.23. The van der Waals surface area contributed by atoms with Gasteiger partial charge in [-0.15, -0.1) is 0 Å². The molecule has 0 fully saturated rings. The predicted molar refractivity (Wildman–Crippen MR) is 97.9 cm³/mol. The van der Waals surface area contributed by atoms with Gasteiger partial charge in [-0.25, -0.2) is 8.91 Å². The second-order valence-corrected chi connectivity index (χ2v) is 6.08. The van der Waals surface area contributed by atoms with Crippen LogP contribution in [0.1, 0.15) is 18.2 Å². The number of nitrogens with zero attached hydrogens (tertiary/aromatic N) is 3. The molecule has 3 aromatic heterocycles. The SMILES string of the molecule is CCc1ccc(C)n2nc(-c3ccc(F)cc3)c(-c3ccncc3)c12. The van der Waals surface area contributed by atoms with Crippen LogP contribution in [-0.4, -0.2) is 14.6 Å². The average Bonchev–Trinajstić information content (AvgIpc) is 3.05. The molecule has 0 radical (unpaired) electrons. The Kier molecular flexibility index (Phi) is 3.80. The molecular formula is C21H18FN3. The van der Waals surface area contributed by atoms with Crippen LogP contribution in [0.25, 0.3) is 27.9 Å². The molecule has 1 aromatic carbocycles. The first-order chi connectivity index (χ1) is 12.2. The Hall–Kier alpha value is -3.01. The summed E-state index contributed by atoms with van der Waals surface area (Å²) >= 11 is 0. The summed E-state index contributed by atoms with van der Waals surface area (Å²) in [5.41, 5.74) is 7.29. The number of fused-ring (bicyclic) bond motifs is 1. The maximum Gasteiger partial charge on any atom is 0.123 e. The number of aryl methyl sites for hydroxylation is 2. The van der Waals surface area contributed by atoms with Crippen molar-refractivity contribution in [2.45, 2.75) is 20.3 Å². The minimum atomic E-state index is -0.247. The van der Waals surface area contributed by atoms with Crippen molar-refractivity contribution in [2.75, 3.05) is 0 Å². The number of benzene rings is 1. The topological polar surface area (TPSA) is 30.2 Å². The van der Waals surface area contributed by atoms with Gasteiger partial charge in [0.05, 0.1) is 5.52 Å². The summed E-state index contributed by atoms with van der Waals surface area (Å²) in [7, 11) is 0. The standard InChI is InChI=1S/C21H18FN3/c1-3-15-5-4-14(2)25-21(15)19(16-10-12-23-13-11-16)20(24-25)17-6-8-18(22)9-7-17/h4-13H,3H2,1-2H3. The van der Waals surface area contributed by atoms with Crippen molar-refractivity contribution in [1.82, 2.24) is 14.6 Å². The first-order valence-corrected chi connectivity index (χ1v) is 8.36. The van der Waals surface area contributed by atoms with Crippen molar-refractivity contribution in [3.05, 3.63) is 78.0 Å². The summed E-state index contributed by atoms with van der Waals surface area (Å²) in [6, 6.07) is 14.7. The van der Waals surface area contributed by atoms with Gasteiger partial charge in [-0.2, -0.15) is 5.10 Å². The molecule has 3 heterocycles. The summed E-state index contributed by atoms with van der Waals surface area (Å²) in [6.45, 7) is 4.19. The third-order valence-electron chi connectivity index (χ3n) is 4.52. The largest absolute Gasteiger partial charge is 0.265 e. The van der Waals surface area contributed by atoms with E-state index in [2.05, 4.69) is 24.0 Å². The number of halogens is 1. The van der Waals surface area contributed by atoms with E-state index in [1.807, 2.05) is 23.6 Å². The number of rotatable bonds is 3. The normalized spacial score (nSPS) is 11.2. The molecule has 4 rings (SSSR count). The molecular weight excluding hydrogens is 313 g/mol. The highest BCUT2D eigenvalue weighted by Gasteiger charge is 2.19. The van der Waals surface area contributed by atoms with Crippen molar-refractivity contribution in [1.29, 1.82) is 0 Å². The first-order valence-electron chi connectivity index (χ1n) is 8.36. The Morgan fingerprint density at radius 2 is 1.64 bits per heavy atom. The van der Waals surface area contributed by atoms with E-state index in [1.54, 1.807) is 24.5 Å². The zero-order valence-electron chi connectivity index (χ0n) is 14.2. The summed E-state index contributed by atoms with van der Waals surface area (Å²) in [5.74, 6) is -0.247. The molecule has 0 atom stereocenters. The Bertz CT molecular complexity index is 1030. The molecule has 3 nitrogen and oxygen atoms in total. The average molecular weight is 331 g/mol. The van der Waals surface area contributed by atoms with Gasteiger partial charge in [0.2, 0.25) is 0 Å². The lowest BCUT2D eigenvalue weighted by molar-refractivity contribution is 0.628. The Morgan fingerprint density at radius 3 is 2.32 bits per heavy atom. The maximum atomic E-state index is 13.4. The van der Waals surface area contributed by atoms with Gasteiger partial charge in [0, 0.05) is 29.2 Å². The molecule has 0 aliphatic rings. The zero-order valence-corrected chi connectivity index (χ0v) is 14.2. The third-order valence-corrected chi connectivity index (χ3v) is 4.52. The van der Waals surface area contributed by atoms with E-state index in [-0.39, 0.29) is 5.82 Å². The van der Waals surface area contributed by atoms with Gasteiger partial charge >= 0.3 is 0 Å². The highest BCUT2D eigenvalue weighted by atomic mass is 19.1.